The summed E-state index contributed by atoms with van der Waals surface area (Å²) >= 11 is 5.46. The number of nitrogens with zero attached hydrogens (tertiary/aromatic N) is 1. The van der Waals surface area contributed by atoms with Gasteiger partial charge in [-0.2, -0.15) is 0 Å². The van der Waals surface area contributed by atoms with Crippen molar-refractivity contribution in [1.82, 2.24) is 10.3 Å². The molecule has 0 spiro atoms. The monoisotopic (exact) mass is 507 g/mol. The van der Waals surface area contributed by atoms with E-state index in [1.807, 2.05) is 78.9 Å². The minimum atomic E-state index is -0.523. The van der Waals surface area contributed by atoms with Gasteiger partial charge in [-0.05, 0) is 65.7 Å². The first-order valence-corrected chi connectivity index (χ1v) is 12.4. The number of hydrogen-bond donors (Lipinski definition) is 3. The molecule has 0 aliphatic rings. The van der Waals surface area contributed by atoms with E-state index in [1.165, 1.54) is 6.07 Å². The molecular weight excluding hydrogens is 482 g/mol. The molecule has 1 aromatic heterocycles. The maximum absolute atomic E-state index is 13.3. The molecule has 5 aromatic rings. The molecule has 0 fully saturated rings. The Kier molecular flexibility index (Phi) is 6.96. The Balaban J connectivity index is 1.36. The molecule has 0 atom stereocenters. The zero-order chi connectivity index (χ0) is 25.8. The van der Waals surface area contributed by atoms with Crippen LogP contribution < -0.4 is 10.6 Å². The number of aryl methyl sites for hydroxylation is 1. The maximum Gasteiger partial charge on any atom is 0.238 e. The van der Waals surface area contributed by atoms with Crippen molar-refractivity contribution in [2.24, 2.45) is 0 Å². The van der Waals surface area contributed by atoms with Crippen molar-refractivity contribution in [3.05, 3.63) is 114 Å². The van der Waals surface area contributed by atoms with Crippen LogP contribution in [0.3, 0.4) is 0 Å². The topological polar surface area (TPSA) is 87.4 Å². The number of anilines is 1. The van der Waals surface area contributed by atoms with E-state index in [9.17, 15) is 9.90 Å². The summed E-state index contributed by atoms with van der Waals surface area (Å²) in [5, 5.41) is 16.5. The third-order valence-electron chi connectivity index (χ3n) is 6.11. The van der Waals surface area contributed by atoms with Crippen molar-refractivity contribution in [3.63, 3.8) is 0 Å². The van der Waals surface area contributed by atoms with Crippen molar-refractivity contribution in [3.8, 4) is 17.2 Å². The van der Waals surface area contributed by atoms with Crippen LogP contribution in [-0.4, -0.2) is 21.1 Å². The van der Waals surface area contributed by atoms with Crippen molar-refractivity contribution >= 4 is 40.0 Å². The predicted molar refractivity (Wildman–Crippen MR) is 150 cm³/mol. The molecule has 184 valence electrons. The van der Waals surface area contributed by atoms with E-state index < -0.39 is 5.92 Å². The van der Waals surface area contributed by atoms with Crippen LogP contribution in [0.15, 0.2) is 101 Å². The van der Waals surface area contributed by atoms with Gasteiger partial charge in [0, 0.05) is 5.69 Å². The zero-order valence-electron chi connectivity index (χ0n) is 20.1. The first-order chi connectivity index (χ1) is 18.0. The van der Waals surface area contributed by atoms with E-state index >= 15 is 0 Å². The van der Waals surface area contributed by atoms with Gasteiger partial charge in [0.1, 0.15) is 11.3 Å². The summed E-state index contributed by atoms with van der Waals surface area (Å²) in [4.78, 5) is 17.9. The molecule has 0 saturated heterocycles. The smallest absolute Gasteiger partial charge is 0.238 e. The average Bonchev–Trinajstić information content (AvgIpc) is 3.34. The SMILES string of the molecule is CCc1ccc2oc(-c3cc(NC(=S)NC(=O)C(c4ccccc4)c4ccccc4)ccc3O)nc2c1. The Morgan fingerprint density at radius 3 is 2.27 bits per heavy atom. The molecule has 1 heterocycles. The van der Waals surface area contributed by atoms with Crippen LogP contribution in [-0.2, 0) is 11.2 Å². The highest BCUT2D eigenvalue weighted by Gasteiger charge is 2.23. The summed E-state index contributed by atoms with van der Waals surface area (Å²) in [5.41, 5.74) is 5.23. The normalized spacial score (nSPS) is 11.0. The molecule has 0 aliphatic carbocycles. The Hall–Kier alpha value is -4.49. The molecule has 5 rings (SSSR count). The van der Waals surface area contributed by atoms with Crippen LogP contribution >= 0.6 is 12.2 Å². The van der Waals surface area contributed by atoms with Gasteiger partial charge in [-0.25, -0.2) is 4.98 Å². The summed E-state index contributed by atoms with van der Waals surface area (Å²) in [6.07, 6.45) is 0.890. The van der Waals surface area contributed by atoms with Gasteiger partial charge in [-0.1, -0.05) is 73.7 Å². The standard InChI is InChI=1S/C30H25N3O3S/c1-2-19-13-16-26-24(17-19)32-29(36-26)23-18-22(14-15-25(23)34)31-30(37)33-28(35)27(20-9-5-3-6-10-20)21-11-7-4-8-12-21/h3-18,27,34H,2H2,1H3,(H2,31,33,35,37). The van der Waals surface area contributed by atoms with E-state index in [-0.39, 0.29) is 16.8 Å². The van der Waals surface area contributed by atoms with Crippen molar-refractivity contribution in [1.29, 1.82) is 0 Å². The first kappa shape index (κ1) is 24.2. The fourth-order valence-electron chi connectivity index (χ4n) is 4.23. The Bertz CT molecular complexity index is 1530. The van der Waals surface area contributed by atoms with Gasteiger partial charge in [0.2, 0.25) is 11.8 Å². The molecule has 7 heteroatoms. The minimum absolute atomic E-state index is 0.0241. The Morgan fingerprint density at radius 1 is 0.946 bits per heavy atom. The molecule has 6 nitrogen and oxygen atoms in total. The number of rotatable bonds is 6. The molecule has 37 heavy (non-hydrogen) atoms. The number of hydrogen-bond acceptors (Lipinski definition) is 5. The van der Waals surface area contributed by atoms with Crippen LogP contribution in [0.25, 0.3) is 22.6 Å². The van der Waals surface area contributed by atoms with Crippen molar-refractivity contribution in [2.45, 2.75) is 19.3 Å². The molecule has 4 aromatic carbocycles. The van der Waals surface area contributed by atoms with E-state index in [2.05, 4.69) is 22.5 Å². The number of amides is 1. The number of thiocarbonyl (C=S) groups is 1. The molecule has 0 bridgehead atoms. The quantitative estimate of drug-likeness (QED) is 0.182. The van der Waals surface area contributed by atoms with Gasteiger partial charge >= 0.3 is 0 Å². The minimum Gasteiger partial charge on any atom is -0.507 e. The summed E-state index contributed by atoms with van der Waals surface area (Å²) in [7, 11) is 0. The molecule has 0 radical (unpaired) electrons. The number of benzene rings is 4. The number of fused-ring (bicyclic) bond motifs is 1. The van der Waals surface area contributed by atoms with Crippen molar-refractivity contribution in [2.75, 3.05) is 5.32 Å². The highest BCUT2D eigenvalue weighted by molar-refractivity contribution is 7.80. The Labute approximate surface area is 220 Å². The average molecular weight is 508 g/mol. The summed E-state index contributed by atoms with van der Waals surface area (Å²) < 4.78 is 5.89. The first-order valence-electron chi connectivity index (χ1n) is 12.0. The van der Waals surface area contributed by atoms with Crippen LogP contribution in [0.4, 0.5) is 5.69 Å². The van der Waals surface area contributed by atoms with E-state index in [0.717, 1.165) is 28.6 Å². The van der Waals surface area contributed by atoms with Crippen LogP contribution in [0.1, 0.15) is 29.5 Å². The largest absolute Gasteiger partial charge is 0.507 e. The summed E-state index contributed by atoms with van der Waals surface area (Å²) in [6.45, 7) is 2.08. The fourth-order valence-corrected chi connectivity index (χ4v) is 4.44. The van der Waals surface area contributed by atoms with Gasteiger partial charge in [-0.3, -0.25) is 4.79 Å². The second-order valence-electron chi connectivity index (χ2n) is 8.60. The lowest BCUT2D eigenvalue weighted by molar-refractivity contribution is -0.120. The second kappa shape index (κ2) is 10.6. The van der Waals surface area contributed by atoms with Crippen LogP contribution in [0.5, 0.6) is 5.75 Å². The van der Waals surface area contributed by atoms with Gasteiger partial charge in [0.25, 0.3) is 0 Å². The highest BCUT2D eigenvalue weighted by atomic mass is 32.1. The fraction of sp³-hybridized carbons (Fsp3) is 0.100. The highest BCUT2D eigenvalue weighted by Crippen LogP contribution is 2.33. The van der Waals surface area contributed by atoms with Gasteiger partial charge < -0.3 is 20.2 Å². The summed E-state index contributed by atoms with van der Waals surface area (Å²) in [5.74, 6) is -0.451. The number of phenols is 1. The van der Waals surface area contributed by atoms with Gasteiger partial charge in [0.15, 0.2) is 10.7 Å². The van der Waals surface area contributed by atoms with Gasteiger partial charge in [0.05, 0.1) is 11.5 Å². The van der Waals surface area contributed by atoms with E-state index in [0.29, 0.717) is 22.7 Å². The molecular formula is C30H25N3O3S. The summed E-state index contributed by atoms with van der Waals surface area (Å²) in [6, 6.07) is 29.9. The lowest BCUT2D eigenvalue weighted by Gasteiger charge is -2.19. The number of aromatic hydroxyl groups is 1. The molecule has 1 amide bonds. The number of carbonyl (C=O) groups excluding carboxylic acids is 1. The second-order valence-corrected chi connectivity index (χ2v) is 9.01. The van der Waals surface area contributed by atoms with E-state index in [4.69, 9.17) is 16.6 Å². The third-order valence-corrected chi connectivity index (χ3v) is 6.31. The van der Waals surface area contributed by atoms with Gasteiger partial charge in [-0.15, -0.1) is 0 Å². The maximum atomic E-state index is 13.3. The molecule has 3 N–H and O–H groups in total. The zero-order valence-corrected chi connectivity index (χ0v) is 21.0. The number of carbonyl (C=O) groups is 1. The number of nitrogens with one attached hydrogen (secondary N) is 2. The lowest BCUT2D eigenvalue weighted by atomic mass is 9.90. The molecule has 0 saturated carbocycles. The molecule has 0 aliphatic heterocycles. The van der Waals surface area contributed by atoms with Crippen molar-refractivity contribution < 1.29 is 14.3 Å². The lowest BCUT2D eigenvalue weighted by Crippen LogP contribution is -2.37. The predicted octanol–water partition coefficient (Wildman–Crippen LogP) is 6.41. The number of phenolic OH excluding ortho intramolecular Hbond substituents is 1. The number of aromatic nitrogens is 1. The van der Waals surface area contributed by atoms with E-state index in [1.54, 1.807) is 12.1 Å². The Morgan fingerprint density at radius 2 is 1.62 bits per heavy atom. The molecule has 0 unspecified atom stereocenters. The third kappa shape index (κ3) is 5.37. The number of oxazole rings is 1. The van der Waals surface area contributed by atoms with Crippen LogP contribution in [0.2, 0.25) is 0 Å². The van der Waals surface area contributed by atoms with Crippen LogP contribution in [0, 0.1) is 0 Å².